The zero-order chi connectivity index (χ0) is 14.7. The fourth-order valence-corrected chi connectivity index (χ4v) is 2.10. The quantitative estimate of drug-likeness (QED) is 0.915. The number of rotatable bonds is 3. The van der Waals surface area contributed by atoms with Gasteiger partial charge in [-0.3, -0.25) is 9.59 Å². The Bertz CT molecular complexity index is 514. The molecule has 20 heavy (non-hydrogen) atoms. The number of carbonyl (C=O) groups excluding carboxylic acids is 2. The third kappa shape index (κ3) is 3.17. The maximum Gasteiger partial charge on any atom is 0.249 e. The van der Waals surface area contributed by atoms with Crippen LogP contribution in [0.1, 0.15) is 26.3 Å². The maximum absolute atomic E-state index is 12.2. The molecule has 1 aliphatic heterocycles. The molecule has 0 bridgehead atoms. The lowest BCUT2D eigenvalue weighted by molar-refractivity contribution is -0.143. The summed E-state index contributed by atoms with van der Waals surface area (Å²) in [6.07, 6.45) is -0.0117. The first-order valence-electron chi connectivity index (χ1n) is 6.79. The van der Waals surface area contributed by atoms with E-state index >= 15 is 0 Å². The van der Waals surface area contributed by atoms with Gasteiger partial charge in [-0.25, -0.2) is 0 Å². The fraction of sp³-hybridized carbons (Fsp3) is 0.467. The van der Waals surface area contributed by atoms with E-state index in [4.69, 9.17) is 4.74 Å². The number of carbonyl (C=O) groups is 2. The van der Waals surface area contributed by atoms with Crippen LogP contribution in [0.2, 0.25) is 0 Å². The molecule has 5 nitrogen and oxygen atoms in total. The molecule has 1 atom stereocenters. The van der Waals surface area contributed by atoms with Crippen molar-refractivity contribution in [2.24, 2.45) is 0 Å². The smallest absolute Gasteiger partial charge is 0.249 e. The van der Waals surface area contributed by atoms with Crippen LogP contribution in [-0.4, -0.2) is 35.5 Å². The summed E-state index contributed by atoms with van der Waals surface area (Å²) in [5.41, 5.74) is 1.70. The van der Waals surface area contributed by atoms with Crippen LogP contribution >= 0.6 is 0 Å². The predicted octanol–water partition coefficient (Wildman–Crippen LogP) is 1.78. The molecule has 1 N–H and O–H groups in total. The van der Waals surface area contributed by atoms with Crippen molar-refractivity contribution < 1.29 is 14.3 Å². The summed E-state index contributed by atoms with van der Waals surface area (Å²) in [5.74, 6) is -0.342. The third-order valence-electron chi connectivity index (χ3n) is 3.32. The lowest BCUT2D eigenvalue weighted by atomic mass is 10.1. The lowest BCUT2D eigenvalue weighted by Gasteiger charge is -2.26. The van der Waals surface area contributed by atoms with Crippen molar-refractivity contribution in [1.82, 2.24) is 4.90 Å². The second-order valence-electron chi connectivity index (χ2n) is 5.20. The minimum Gasteiger partial charge on any atom is -0.369 e. The Hall–Kier alpha value is -1.88. The van der Waals surface area contributed by atoms with Gasteiger partial charge in [-0.2, -0.15) is 0 Å². The normalized spacial score (nSPS) is 18.5. The van der Waals surface area contributed by atoms with Crippen LogP contribution in [0.5, 0.6) is 0 Å². The maximum atomic E-state index is 12.2. The van der Waals surface area contributed by atoms with Gasteiger partial charge in [0.2, 0.25) is 11.8 Å². The molecule has 0 fully saturated rings. The van der Waals surface area contributed by atoms with E-state index in [-0.39, 0.29) is 24.5 Å². The minimum absolute atomic E-state index is 0.00253. The van der Waals surface area contributed by atoms with Crippen molar-refractivity contribution >= 4 is 17.5 Å². The SMILES string of the molecule is CC(C)OCC(=O)N1Cc2ccccc2NC(=O)C1C. The van der Waals surface area contributed by atoms with Crippen molar-refractivity contribution in [2.45, 2.75) is 39.5 Å². The van der Waals surface area contributed by atoms with Crippen molar-refractivity contribution in [2.75, 3.05) is 11.9 Å². The summed E-state index contributed by atoms with van der Waals surface area (Å²) in [6, 6.07) is 7.01. The van der Waals surface area contributed by atoms with Crippen LogP contribution in [0, 0.1) is 0 Å². The number of amides is 2. The van der Waals surface area contributed by atoms with E-state index in [1.54, 1.807) is 11.8 Å². The van der Waals surface area contributed by atoms with Gasteiger partial charge in [0.05, 0.1) is 6.10 Å². The Morgan fingerprint density at radius 1 is 1.45 bits per heavy atom. The van der Waals surface area contributed by atoms with Crippen LogP contribution in [0.4, 0.5) is 5.69 Å². The summed E-state index contributed by atoms with van der Waals surface area (Å²) in [5, 5.41) is 2.85. The number of hydrogen-bond donors (Lipinski definition) is 1. The van der Waals surface area contributed by atoms with E-state index in [2.05, 4.69) is 5.32 Å². The number of fused-ring (bicyclic) bond motifs is 1. The topological polar surface area (TPSA) is 58.6 Å². The van der Waals surface area contributed by atoms with Gasteiger partial charge in [-0.05, 0) is 32.4 Å². The summed E-state index contributed by atoms with van der Waals surface area (Å²) in [6.45, 7) is 5.89. The number of nitrogens with one attached hydrogen (secondary N) is 1. The van der Waals surface area contributed by atoms with Gasteiger partial charge in [0.1, 0.15) is 12.6 Å². The molecule has 0 saturated heterocycles. The molecule has 2 rings (SSSR count). The Morgan fingerprint density at radius 2 is 2.15 bits per heavy atom. The molecule has 1 aromatic carbocycles. The first kappa shape index (κ1) is 14.5. The molecule has 1 unspecified atom stereocenters. The van der Waals surface area contributed by atoms with Gasteiger partial charge in [0.15, 0.2) is 0 Å². The highest BCUT2D eigenvalue weighted by Crippen LogP contribution is 2.22. The molecule has 0 aromatic heterocycles. The molecule has 1 aliphatic rings. The molecular formula is C15H20N2O3. The van der Waals surface area contributed by atoms with Gasteiger partial charge < -0.3 is 15.0 Å². The molecule has 1 heterocycles. The molecular weight excluding hydrogens is 256 g/mol. The van der Waals surface area contributed by atoms with Gasteiger partial charge in [0.25, 0.3) is 0 Å². The average Bonchev–Trinajstić information content (AvgIpc) is 2.54. The van der Waals surface area contributed by atoms with Crippen molar-refractivity contribution in [3.8, 4) is 0 Å². The minimum atomic E-state index is -0.509. The number of para-hydroxylation sites is 1. The van der Waals surface area contributed by atoms with Crippen LogP contribution in [0.3, 0.4) is 0 Å². The highest BCUT2D eigenvalue weighted by molar-refractivity contribution is 5.98. The van der Waals surface area contributed by atoms with E-state index in [1.807, 2.05) is 38.1 Å². The molecule has 1 aromatic rings. The fourth-order valence-electron chi connectivity index (χ4n) is 2.10. The van der Waals surface area contributed by atoms with Gasteiger partial charge >= 0.3 is 0 Å². The Balaban J connectivity index is 2.19. The van der Waals surface area contributed by atoms with Crippen LogP contribution in [0.15, 0.2) is 24.3 Å². The van der Waals surface area contributed by atoms with Crippen LogP contribution < -0.4 is 5.32 Å². The second kappa shape index (κ2) is 6.05. The first-order chi connectivity index (χ1) is 9.49. The van der Waals surface area contributed by atoms with Crippen LogP contribution in [0.25, 0.3) is 0 Å². The zero-order valence-electron chi connectivity index (χ0n) is 12.1. The van der Waals surface area contributed by atoms with E-state index in [0.29, 0.717) is 6.54 Å². The van der Waals surface area contributed by atoms with Gasteiger partial charge in [0, 0.05) is 12.2 Å². The Morgan fingerprint density at radius 3 is 2.85 bits per heavy atom. The highest BCUT2D eigenvalue weighted by atomic mass is 16.5. The molecule has 0 saturated carbocycles. The Kier molecular flexibility index (Phi) is 4.39. The molecule has 0 radical (unpaired) electrons. The monoisotopic (exact) mass is 276 g/mol. The van der Waals surface area contributed by atoms with Gasteiger partial charge in [-0.15, -0.1) is 0 Å². The van der Waals surface area contributed by atoms with E-state index in [1.165, 1.54) is 0 Å². The number of ether oxygens (including phenoxy) is 1. The second-order valence-corrected chi connectivity index (χ2v) is 5.20. The highest BCUT2D eigenvalue weighted by Gasteiger charge is 2.30. The number of nitrogens with zero attached hydrogens (tertiary/aromatic N) is 1. The summed E-state index contributed by atoms with van der Waals surface area (Å²) in [7, 11) is 0. The van der Waals surface area contributed by atoms with E-state index in [9.17, 15) is 9.59 Å². The summed E-state index contributed by atoms with van der Waals surface area (Å²) in [4.78, 5) is 25.9. The average molecular weight is 276 g/mol. The Labute approximate surface area is 118 Å². The van der Waals surface area contributed by atoms with E-state index in [0.717, 1.165) is 11.3 Å². The number of anilines is 1. The number of hydrogen-bond acceptors (Lipinski definition) is 3. The largest absolute Gasteiger partial charge is 0.369 e. The first-order valence-corrected chi connectivity index (χ1v) is 6.79. The van der Waals surface area contributed by atoms with E-state index < -0.39 is 6.04 Å². The van der Waals surface area contributed by atoms with Crippen molar-refractivity contribution in [3.05, 3.63) is 29.8 Å². The lowest BCUT2D eigenvalue weighted by Crippen LogP contribution is -2.45. The van der Waals surface area contributed by atoms with Crippen molar-refractivity contribution in [1.29, 1.82) is 0 Å². The van der Waals surface area contributed by atoms with Crippen LogP contribution in [-0.2, 0) is 20.9 Å². The molecule has 5 heteroatoms. The molecule has 0 aliphatic carbocycles. The predicted molar refractivity (Wildman–Crippen MR) is 76.2 cm³/mol. The molecule has 108 valence electrons. The standard InChI is InChI=1S/C15H20N2O3/c1-10(2)20-9-14(18)17-8-12-6-4-5-7-13(12)16-15(19)11(17)3/h4-7,10-11H,8-9H2,1-3H3,(H,16,19). The zero-order valence-corrected chi connectivity index (χ0v) is 12.1. The summed E-state index contributed by atoms with van der Waals surface area (Å²) < 4.78 is 5.35. The third-order valence-corrected chi connectivity index (χ3v) is 3.32. The molecule has 0 spiro atoms. The summed E-state index contributed by atoms with van der Waals surface area (Å²) >= 11 is 0. The molecule has 2 amide bonds. The van der Waals surface area contributed by atoms with Crippen molar-refractivity contribution in [3.63, 3.8) is 0 Å². The van der Waals surface area contributed by atoms with Gasteiger partial charge in [-0.1, -0.05) is 18.2 Å². The number of benzene rings is 1.